The summed E-state index contributed by atoms with van der Waals surface area (Å²) in [6, 6.07) is 18.8. The van der Waals surface area contributed by atoms with Gasteiger partial charge in [-0.25, -0.2) is 9.97 Å². The Labute approximate surface area is 184 Å². The third kappa shape index (κ3) is 4.14. The van der Waals surface area contributed by atoms with Gasteiger partial charge >= 0.3 is 0 Å². The fraction of sp³-hybridized carbons (Fsp3) is 0.423. The summed E-state index contributed by atoms with van der Waals surface area (Å²) in [4.78, 5) is 27.2. The van der Waals surface area contributed by atoms with E-state index in [4.69, 9.17) is 9.97 Å². The van der Waals surface area contributed by atoms with E-state index in [0.717, 1.165) is 68.0 Å². The number of carbonyl (C=O) groups excluding carboxylic acids is 1. The Balaban J connectivity index is 1.23. The van der Waals surface area contributed by atoms with Gasteiger partial charge < -0.3 is 9.80 Å². The number of para-hydroxylation sites is 1. The van der Waals surface area contributed by atoms with Crippen molar-refractivity contribution in [2.45, 2.75) is 38.5 Å². The second kappa shape index (κ2) is 8.66. The summed E-state index contributed by atoms with van der Waals surface area (Å²) in [6.07, 6.45) is 4.01. The first kappa shape index (κ1) is 20.0. The molecule has 3 aromatic rings. The van der Waals surface area contributed by atoms with E-state index in [2.05, 4.69) is 46.2 Å². The molecule has 0 spiro atoms. The average Bonchev–Trinajstić information content (AvgIpc) is 2.84. The van der Waals surface area contributed by atoms with Crippen molar-refractivity contribution in [3.8, 4) is 0 Å². The maximum absolute atomic E-state index is 13.3. The summed E-state index contributed by atoms with van der Waals surface area (Å²) in [7, 11) is 0. The van der Waals surface area contributed by atoms with Gasteiger partial charge in [-0.2, -0.15) is 0 Å². The minimum absolute atomic E-state index is 0.118. The maximum atomic E-state index is 13.3. The van der Waals surface area contributed by atoms with Crippen LogP contribution in [0.15, 0.2) is 54.6 Å². The molecule has 2 aliphatic heterocycles. The van der Waals surface area contributed by atoms with Gasteiger partial charge in [0.1, 0.15) is 0 Å². The Bertz CT molecular complexity index is 1060. The zero-order chi connectivity index (χ0) is 21.2. The number of likely N-dealkylation sites (tertiary alicyclic amines) is 1. The largest absolute Gasteiger partial charge is 0.342 e. The monoisotopic (exact) mass is 414 g/mol. The van der Waals surface area contributed by atoms with Crippen LogP contribution >= 0.6 is 0 Å². The number of aromatic nitrogens is 2. The Morgan fingerprint density at radius 2 is 1.65 bits per heavy atom. The smallest absolute Gasteiger partial charge is 0.226 e. The van der Waals surface area contributed by atoms with E-state index in [1.54, 1.807) is 0 Å². The molecule has 1 amide bonds. The molecule has 31 heavy (non-hydrogen) atoms. The molecule has 1 atom stereocenters. The van der Waals surface area contributed by atoms with Crippen LogP contribution in [0.2, 0.25) is 0 Å². The van der Waals surface area contributed by atoms with Crippen molar-refractivity contribution in [1.29, 1.82) is 0 Å². The van der Waals surface area contributed by atoms with Crippen molar-refractivity contribution in [2.75, 3.05) is 31.1 Å². The molecule has 3 heterocycles. The Morgan fingerprint density at radius 1 is 0.903 bits per heavy atom. The number of anilines is 1. The lowest BCUT2D eigenvalue weighted by Gasteiger charge is -2.38. The number of hydrogen-bond acceptors (Lipinski definition) is 4. The lowest BCUT2D eigenvalue weighted by atomic mass is 9.88. The molecular weight excluding hydrogens is 384 g/mol. The van der Waals surface area contributed by atoms with Gasteiger partial charge in [-0.15, -0.1) is 0 Å². The molecule has 5 heteroatoms. The van der Waals surface area contributed by atoms with Gasteiger partial charge in [0.25, 0.3) is 0 Å². The summed E-state index contributed by atoms with van der Waals surface area (Å²) in [5.41, 5.74) is 3.36. The lowest BCUT2D eigenvalue weighted by molar-refractivity contribution is -0.137. The minimum Gasteiger partial charge on any atom is -0.342 e. The zero-order valence-electron chi connectivity index (χ0n) is 18.2. The van der Waals surface area contributed by atoms with Crippen LogP contribution in [0.25, 0.3) is 10.9 Å². The number of aryl methyl sites for hydroxylation is 1. The molecular formula is C26H30N4O. The van der Waals surface area contributed by atoms with Gasteiger partial charge in [0.15, 0.2) is 0 Å². The highest BCUT2D eigenvalue weighted by Gasteiger charge is 2.32. The first-order chi connectivity index (χ1) is 15.2. The van der Waals surface area contributed by atoms with Crippen LogP contribution in [0.5, 0.6) is 0 Å². The normalized spacial score (nSPS) is 20.2. The zero-order valence-corrected chi connectivity index (χ0v) is 18.2. The molecule has 2 saturated heterocycles. The van der Waals surface area contributed by atoms with E-state index < -0.39 is 0 Å². The predicted octanol–water partition coefficient (Wildman–Crippen LogP) is 4.56. The number of rotatable bonds is 3. The van der Waals surface area contributed by atoms with E-state index in [1.165, 1.54) is 12.0 Å². The molecule has 5 rings (SSSR count). The summed E-state index contributed by atoms with van der Waals surface area (Å²) < 4.78 is 0. The Morgan fingerprint density at radius 3 is 2.45 bits per heavy atom. The van der Waals surface area contributed by atoms with E-state index in [-0.39, 0.29) is 5.92 Å². The highest BCUT2D eigenvalue weighted by molar-refractivity contribution is 5.82. The summed E-state index contributed by atoms with van der Waals surface area (Å²) in [5, 5.41) is 1.11. The van der Waals surface area contributed by atoms with Crippen molar-refractivity contribution < 1.29 is 4.79 Å². The van der Waals surface area contributed by atoms with Gasteiger partial charge in [0.05, 0.1) is 11.2 Å². The molecule has 2 aromatic carbocycles. The van der Waals surface area contributed by atoms with Crippen LogP contribution < -0.4 is 4.90 Å². The first-order valence-corrected chi connectivity index (χ1v) is 11.5. The van der Waals surface area contributed by atoms with E-state index in [9.17, 15) is 4.79 Å². The van der Waals surface area contributed by atoms with Crippen LogP contribution in [0.3, 0.4) is 0 Å². The van der Waals surface area contributed by atoms with Crippen molar-refractivity contribution in [3.05, 3.63) is 65.9 Å². The van der Waals surface area contributed by atoms with E-state index in [0.29, 0.717) is 11.8 Å². The van der Waals surface area contributed by atoms with Crippen LogP contribution in [-0.4, -0.2) is 47.0 Å². The number of piperidine rings is 2. The third-order valence-electron chi connectivity index (χ3n) is 6.91. The van der Waals surface area contributed by atoms with Gasteiger partial charge in [-0.3, -0.25) is 4.79 Å². The second-order valence-electron chi connectivity index (χ2n) is 8.92. The van der Waals surface area contributed by atoms with Crippen molar-refractivity contribution in [3.63, 3.8) is 0 Å². The average molecular weight is 415 g/mol. The van der Waals surface area contributed by atoms with E-state index in [1.807, 2.05) is 25.1 Å². The van der Waals surface area contributed by atoms with Crippen LogP contribution in [0.1, 0.15) is 42.9 Å². The molecule has 0 bridgehead atoms. The van der Waals surface area contributed by atoms with Crippen LogP contribution in [0, 0.1) is 12.8 Å². The SMILES string of the molecule is Cc1nc(N2CCC(C(=O)N3CCCC(c4ccccc4)C3)CC2)nc2ccccc12. The number of carbonyl (C=O) groups is 1. The first-order valence-electron chi connectivity index (χ1n) is 11.5. The number of amides is 1. The minimum atomic E-state index is 0.118. The van der Waals surface area contributed by atoms with E-state index >= 15 is 0 Å². The quantitative estimate of drug-likeness (QED) is 0.630. The highest BCUT2D eigenvalue weighted by atomic mass is 16.2. The number of benzene rings is 2. The molecule has 2 aliphatic rings. The van der Waals surface area contributed by atoms with Gasteiger partial charge in [0.2, 0.25) is 11.9 Å². The van der Waals surface area contributed by atoms with Crippen molar-refractivity contribution in [2.24, 2.45) is 5.92 Å². The number of nitrogens with zero attached hydrogens (tertiary/aromatic N) is 4. The molecule has 0 radical (unpaired) electrons. The molecule has 5 nitrogen and oxygen atoms in total. The Kier molecular flexibility index (Phi) is 5.58. The van der Waals surface area contributed by atoms with Crippen molar-refractivity contribution in [1.82, 2.24) is 14.9 Å². The summed E-state index contributed by atoms with van der Waals surface area (Å²) >= 11 is 0. The summed E-state index contributed by atoms with van der Waals surface area (Å²) in [5.74, 6) is 1.72. The van der Waals surface area contributed by atoms with Gasteiger partial charge in [-0.1, -0.05) is 48.5 Å². The molecule has 1 aromatic heterocycles. The molecule has 0 N–H and O–H groups in total. The third-order valence-corrected chi connectivity index (χ3v) is 6.91. The molecule has 0 saturated carbocycles. The second-order valence-corrected chi connectivity index (χ2v) is 8.92. The molecule has 1 unspecified atom stereocenters. The topological polar surface area (TPSA) is 49.3 Å². The van der Waals surface area contributed by atoms with Gasteiger partial charge in [-0.05, 0) is 44.2 Å². The maximum Gasteiger partial charge on any atom is 0.226 e. The lowest BCUT2D eigenvalue weighted by Crippen LogP contribution is -2.46. The highest BCUT2D eigenvalue weighted by Crippen LogP contribution is 2.30. The summed E-state index contributed by atoms with van der Waals surface area (Å²) in [6.45, 7) is 5.48. The number of fused-ring (bicyclic) bond motifs is 1. The molecule has 2 fully saturated rings. The fourth-order valence-corrected chi connectivity index (χ4v) is 5.12. The molecule has 0 aliphatic carbocycles. The number of hydrogen-bond donors (Lipinski definition) is 0. The predicted molar refractivity (Wildman–Crippen MR) is 124 cm³/mol. The van der Waals surface area contributed by atoms with Gasteiger partial charge in [0, 0.05) is 43.4 Å². The van der Waals surface area contributed by atoms with Crippen LogP contribution in [-0.2, 0) is 4.79 Å². The standard InChI is InChI=1S/C26H30N4O/c1-19-23-11-5-6-12-24(23)28-26(27-19)29-16-13-21(14-17-29)25(31)30-15-7-10-22(18-30)20-8-3-2-4-9-20/h2-6,8-9,11-12,21-22H,7,10,13-18H2,1H3. The fourth-order valence-electron chi connectivity index (χ4n) is 5.12. The van der Waals surface area contributed by atoms with Crippen molar-refractivity contribution >= 4 is 22.8 Å². The van der Waals surface area contributed by atoms with Crippen LogP contribution in [0.4, 0.5) is 5.95 Å². The Hall–Kier alpha value is -2.95. The molecule has 160 valence electrons.